The number of piperidine rings is 1. The number of hydrogen-bond acceptors (Lipinski definition) is 3. The first-order chi connectivity index (χ1) is 12.4. The largest absolute Gasteiger partial charge is 0.481 e. The number of aryl methyl sites for hydroxylation is 1. The first-order valence-electron chi connectivity index (χ1n) is 8.74. The molecule has 0 atom stereocenters. The lowest BCUT2D eigenvalue weighted by molar-refractivity contribution is -0.136. The molecule has 1 aliphatic heterocycles. The average Bonchev–Trinajstić information content (AvgIpc) is 2.62. The van der Waals surface area contributed by atoms with Crippen molar-refractivity contribution in [3.8, 4) is 0 Å². The summed E-state index contributed by atoms with van der Waals surface area (Å²) in [6.07, 6.45) is 1.39. The summed E-state index contributed by atoms with van der Waals surface area (Å²) in [5.74, 6) is -0.660. The third-order valence-corrected chi connectivity index (χ3v) is 6.86. The topological polar surface area (TPSA) is 74.7 Å². The zero-order valence-corrected chi connectivity index (χ0v) is 15.6. The lowest BCUT2D eigenvalue weighted by Gasteiger charge is -2.32. The Balaban J connectivity index is 1.74. The number of carboxylic acids is 1. The number of hydrogen-bond donors (Lipinski definition) is 1. The van der Waals surface area contributed by atoms with E-state index in [4.69, 9.17) is 5.11 Å². The number of rotatable bonds is 5. The maximum Gasteiger partial charge on any atom is 0.307 e. The Morgan fingerprint density at radius 1 is 1.08 bits per heavy atom. The van der Waals surface area contributed by atoms with Gasteiger partial charge in [-0.2, -0.15) is 4.31 Å². The Kier molecular flexibility index (Phi) is 5.44. The van der Waals surface area contributed by atoms with Crippen molar-refractivity contribution in [2.75, 3.05) is 13.1 Å². The summed E-state index contributed by atoms with van der Waals surface area (Å²) in [5.41, 5.74) is 2.87. The van der Waals surface area contributed by atoms with E-state index >= 15 is 0 Å². The van der Waals surface area contributed by atoms with Crippen molar-refractivity contribution in [1.82, 2.24) is 4.31 Å². The van der Waals surface area contributed by atoms with Gasteiger partial charge in [-0.15, -0.1) is 0 Å². The maximum atomic E-state index is 12.8. The monoisotopic (exact) mass is 373 g/mol. The third-order valence-electron chi connectivity index (χ3n) is 4.95. The molecule has 0 saturated carbocycles. The SMILES string of the molecule is Cc1ccc(S(=O)(=O)N2CCC(c3ccccc3CC(=O)O)CC2)cc1. The van der Waals surface area contributed by atoms with E-state index in [0.29, 0.717) is 30.8 Å². The minimum atomic E-state index is -3.47. The second-order valence-corrected chi connectivity index (χ2v) is 8.70. The van der Waals surface area contributed by atoms with Crippen LogP contribution in [0.15, 0.2) is 53.4 Å². The number of aliphatic carboxylic acids is 1. The van der Waals surface area contributed by atoms with Crippen LogP contribution >= 0.6 is 0 Å². The second kappa shape index (κ2) is 7.60. The van der Waals surface area contributed by atoms with Crippen LogP contribution in [0.25, 0.3) is 0 Å². The van der Waals surface area contributed by atoms with Gasteiger partial charge in [-0.3, -0.25) is 4.79 Å². The predicted octanol–water partition coefficient (Wildman–Crippen LogP) is 3.19. The summed E-state index contributed by atoms with van der Waals surface area (Å²) in [5, 5.41) is 9.10. The van der Waals surface area contributed by atoms with E-state index in [1.807, 2.05) is 43.3 Å². The fourth-order valence-electron chi connectivity index (χ4n) is 3.52. The lowest BCUT2D eigenvalue weighted by atomic mass is 9.86. The molecule has 2 aromatic carbocycles. The fraction of sp³-hybridized carbons (Fsp3) is 0.350. The Labute approximate surface area is 154 Å². The highest BCUT2D eigenvalue weighted by Gasteiger charge is 2.30. The van der Waals surface area contributed by atoms with E-state index in [-0.39, 0.29) is 12.3 Å². The molecule has 1 aliphatic rings. The van der Waals surface area contributed by atoms with Gasteiger partial charge < -0.3 is 5.11 Å². The van der Waals surface area contributed by atoms with Crippen molar-refractivity contribution in [1.29, 1.82) is 0 Å². The van der Waals surface area contributed by atoms with Gasteiger partial charge in [-0.1, -0.05) is 42.0 Å². The number of sulfonamides is 1. The van der Waals surface area contributed by atoms with Gasteiger partial charge in [0.05, 0.1) is 11.3 Å². The highest BCUT2D eigenvalue weighted by Crippen LogP contribution is 2.32. The molecule has 0 aliphatic carbocycles. The molecule has 3 rings (SSSR count). The van der Waals surface area contributed by atoms with Crippen LogP contribution in [0.2, 0.25) is 0 Å². The molecule has 0 spiro atoms. The number of nitrogens with zero attached hydrogens (tertiary/aromatic N) is 1. The van der Waals surface area contributed by atoms with Crippen LogP contribution in [0.3, 0.4) is 0 Å². The summed E-state index contributed by atoms with van der Waals surface area (Å²) < 4.78 is 27.1. The van der Waals surface area contributed by atoms with E-state index in [2.05, 4.69) is 0 Å². The summed E-state index contributed by atoms with van der Waals surface area (Å²) in [6, 6.07) is 14.5. The molecular formula is C20H23NO4S. The molecule has 2 aromatic rings. The van der Waals surface area contributed by atoms with Gasteiger partial charge in [0.15, 0.2) is 0 Å². The summed E-state index contributed by atoms with van der Waals surface area (Å²) in [7, 11) is -3.47. The normalized spacial score (nSPS) is 16.5. The smallest absolute Gasteiger partial charge is 0.307 e. The van der Waals surface area contributed by atoms with Crippen LogP contribution in [0.5, 0.6) is 0 Å². The van der Waals surface area contributed by atoms with E-state index < -0.39 is 16.0 Å². The quantitative estimate of drug-likeness (QED) is 0.873. The Morgan fingerprint density at radius 3 is 2.31 bits per heavy atom. The standard InChI is InChI=1S/C20H23NO4S/c1-15-6-8-18(9-7-15)26(24,25)21-12-10-16(11-13-21)19-5-3-2-4-17(19)14-20(22)23/h2-9,16H,10-14H2,1H3,(H,22,23). The second-order valence-electron chi connectivity index (χ2n) is 6.76. The van der Waals surface area contributed by atoms with Crippen molar-refractivity contribution < 1.29 is 18.3 Å². The predicted molar refractivity (Wildman–Crippen MR) is 99.7 cm³/mol. The Morgan fingerprint density at radius 2 is 1.69 bits per heavy atom. The van der Waals surface area contributed by atoms with E-state index in [1.165, 1.54) is 4.31 Å². The molecule has 0 unspecified atom stereocenters. The highest BCUT2D eigenvalue weighted by molar-refractivity contribution is 7.89. The lowest BCUT2D eigenvalue weighted by Crippen LogP contribution is -2.38. The average molecular weight is 373 g/mol. The summed E-state index contributed by atoms with van der Waals surface area (Å²) >= 11 is 0. The van der Waals surface area contributed by atoms with Gasteiger partial charge in [-0.25, -0.2) is 8.42 Å². The molecule has 0 radical (unpaired) electrons. The van der Waals surface area contributed by atoms with Crippen molar-refractivity contribution in [2.24, 2.45) is 0 Å². The molecule has 0 amide bonds. The minimum absolute atomic E-state index is 0.00193. The van der Waals surface area contributed by atoms with Gasteiger partial charge in [-0.05, 0) is 48.9 Å². The summed E-state index contributed by atoms with van der Waals surface area (Å²) in [4.78, 5) is 11.4. The van der Waals surface area contributed by atoms with Gasteiger partial charge in [0.25, 0.3) is 0 Å². The van der Waals surface area contributed by atoms with Gasteiger partial charge in [0, 0.05) is 13.1 Å². The number of benzene rings is 2. The van der Waals surface area contributed by atoms with Crippen molar-refractivity contribution >= 4 is 16.0 Å². The van der Waals surface area contributed by atoms with Crippen LogP contribution in [-0.4, -0.2) is 36.9 Å². The van der Waals surface area contributed by atoms with Crippen molar-refractivity contribution in [2.45, 2.75) is 37.0 Å². The zero-order chi connectivity index (χ0) is 18.7. The number of carbonyl (C=O) groups is 1. The van der Waals surface area contributed by atoms with Crippen LogP contribution in [0.4, 0.5) is 0 Å². The molecule has 26 heavy (non-hydrogen) atoms. The maximum absolute atomic E-state index is 12.8. The molecule has 1 N–H and O–H groups in total. The van der Waals surface area contributed by atoms with Gasteiger partial charge in [0.1, 0.15) is 0 Å². The van der Waals surface area contributed by atoms with Crippen LogP contribution < -0.4 is 0 Å². The van der Waals surface area contributed by atoms with E-state index in [0.717, 1.165) is 16.7 Å². The molecular weight excluding hydrogens is 350 g/mol. The van der Waals surface area contributed by atoms with Crippen molar-refractivity contribution in [3.05, 3.63) is 65.2 Å². The molecule has 0 bridgehead atoms. The molecule has 6 heteroatoms. The Bertz CT molecular complexity index is 882. The third kappa shape index (κ3) is 3.97. The summed E-state index contributed by atoms with van der Waals surface area (Å²) in [6.45, 7) is 2.82. The first kappa shape index (κ1) is 18.6. The minimum Gasteiger partial charge on any atom is -0.481 e. The van der Waals surface area contributed by atoms with E-state index in [1.54, 1.807) is 12.1 Å². The Hall–Kier alpha value is -2.18. The zero-order valence-electron chi connectivity index (χ0n) is 14.8. The fourth-order valence-corrected chi connectivity index (χ4v) is 4.99. The van der Waals surface area contributed by atoms with Gasteiger partial charge >= 0.3 is 5.97 Å². The number of carboxylic acid groups (broad SMARTS) is 1. The molecule has 0 aromatic heterocycles. The molecule has 1 heterocycles. The first-order valence-corrected chi connectivity index (χ1v) is 10.2. The van der Waals surface area contributed by atoms with Gasteiger partial charge in [0.2, 0.25) is 10.0 Å². The molecule has 1 saturated heterocycles. The van der Waals surface area contributed by atoms with Crippen LogP contribution in [0, 0.1) is 6.92 Å². The van der Waals surface area contributed by atoms with E-state index in [9.17, 15) is 13.2 Å². The van der Waals surface area contributed by atoms with Crippen LogP contribution in [-0.2, 0) is 21.2 Å². The molecule has 5 nitrogen and oxygen atoms in total. The van der Waals surface area contributed by atoms with Crippen molar-refractivity contribution in [3.63, 3.8) is 0 Å². The molecule has 1 fully saturated rings. The molecule has 138 valence electrons. The van der Waals surface area contributed by atoms with Crippen LogP contribution in [0.1, 0.15) is 35.4 Å². The highest BCUT2D eigenvalue weighted by atomic mass is 32.2.